The number of rotatable bonds is 4. The van der Waals surface area contributed by atoms with Crippen molar-refractivity contribution < 1.29 is 18.7 Å². The molecule has 2 aromatic heterocycles. The van der Waals surface area contributed by atoms with Crippen LogP contribution in [0.4, 0.5) is 11.0 Å². The summed E-state index contributed by atoms with van der Waals surface area (Å²) in [5, 5.41) is 3.52. The lowest BCUT2D eigenvalue weighted by Gasteiger charge is -2.30. The van der Waals surface area contributed by atoms with E-state index in [4.69, 9.17) is 9.15 Å². The monoisotopic (exact) mass is 413 g/mol. The van der Waals surface area contributed by atoms with Crippen LogP contribution in [-0.2, 0) is 9.53 Å². The van der Waals surface area contributed by atoms with Gasteiger partial charge in [0.1, 0.15) is 10.5 Å². The van der Waals surface area contributed by atoms with Crippen molar-refractivity contribution >= 4 is 45.3 Å². The van der Waals surface area contributed by atoms with Crippen molar-refractivity contribution in [3.05, 3.63) is 40.3 Å². The van der Waals surface area contributed by atoms with Gasteiger partial charge in [-0.3, -0.25) is 4.79 Å². The van der Waals surface area contributed by atoms with Gasteiger partial charge in [-0.2, -0.15) is 4.98 Å². The molecule has 152 valence electrons. The van der Waals surface area contributed by atoms with Gasteiger partial charge in [0.2, 0.25) is 5.91 Å². The molecule has 1 fully saturated rings. The number of thiophene rings is 1. The molecule has 1 aliphatic rings. The molecule has 1 aliphatic heterocycles. The van der Waals surface area contributed by atoms with Crippen molar-refractivity contribution in [2.24, 2.45) is 5.92 Å². The van der Waals surface area contributed by atoms with E-state index in [-0.39, 0.29) is 11.8 Å². The molecule has 0 bridgehead atoms. The molecule has 0 unspecified atom stereocenters. The van der Waals surface area contributed by atoms with E-state index in [1.807, 2.05) is 38.1 Å². The molecular formula is C21H23N3O4S. The Morgan fingerprint density at radius 2 is 1.97 bits per heavy atom. The number of esters is 1. The van der Waals surface area contributed by atoms with E-state index >= 15 is 0 Å². The van der Waals surface area contributed by atoms with Crippen LogP contribution >= 0.6 is 11.3 Å². The van der Waals surface area contributed by atoms with E-state index in [2.05, 4.69) is 15.2 Å². The lowest BCUT2D eigenvalue weighted by Crippen LogP contribution is -2.38. The minimum Gasteiger partial charge on any atom is -0.465 e. The molecule has 0 atom stereocenters. The number of nitrogens with zero attached hydrogens (tertiary/aromatic N) is 2. The number of anilines is 2. The number of ether oxygens (including phenoxy) is 1. The Morgan fingerprint density at radius 1 is 1.24 bits per heavy atom. The number of hydrogen-bond acceptors (Lipinski definition) is 7. The zero-order valence-electron chi connectivity index (χ0n) is 16.7. The van der Waals surface area contributed by atoms with Gasteiger partial charge in [-0.25, -0.2) is 4.79 Å². The number of piperidine rings is 1. The van der Waals surface area contributed by atoms with Crippen LogP contribution in [0.2, 0.25) is 0 Å². The van der Waals surface area contributed by atoms with Crippen LogP contribution in [0, 0.1) is 19.8 Å². The summed E-state index contributed by atoms with van der Waals surface area (Å²) in [7, 11) is 1.35. The molecule has 7 nitrogen and oxygen atoms in total. The standard InChI is InChI=1S/C21H23N3O4S/c1-12-13(2)29-19(17(12)20(26)27-3)23-18(25)14-8-10-24(11-9-14)21-22-15-6-4-5-7-16(15)28-21/h4-7,14H,8-11H2,1-3H3,(H,23,25). The third kappa shape index (κ3) is 3.72. The van der Waals surface area contributed by atoms with E-state index in [0.29, 0.717) is 42.5 Å². The lowest BCUT2D eigenvalue weighted by atomic mass is 9.96. The first-order chi connectivity index (χ1) is 14.0. The third-order valence-corrected chi connectivity index (χ3v) is 6.55. The largest absolute Gasteiger partial charge is 0.465 e. The molecule has 0 spiro atoms. The number of carbonyl (C=O) groups is 2. The van der Waals surface area contributed by atoms with Gasteiger partial charge < -0.3 is 19.4 Å². The van der Waals surface area contributed by atoms with E-state index in [0.717, 1.165) is 21.5 Å². The first-order valence-electron chi connectivity index (χ1n) is 9.57. The van der Waals surface area contributed by atoms with Crippen LogP contribution in [0.5, 0.6) is 0 Å². The van der Waals surface area contributed by atoms with Crippen molar-refractivity contribution in [1.29, 1.82) is 0 Å². The van der Waals surface area contributed by atoms with Gasteiger partial charge >= 0.3 is 5.97 Å². The fourth-order valence-electron chi connectivity index (χ4n) is 3.61. The van der Waals surface area contributed by atoms with Crippen molar-refractivity contribution in [1.82, 2.24) is 4.98 Å². The van der Waals surface area contributed by atoms with Crippen LogP contribution < -0.4 is 10.2 Å². The predicted octanol–water partition coefficient (Wildman–Crippen LogP) is 4.15. The summed E-state index contributed by atoms with van der Waals surface area (Å²) in [5.41, 5.74) is 2.90. The molecule has 3 aromatic rings. The Labute approximate surface area is 172 Å². The maximum absolute atomic E-state index is 12.8. The van der Waals surface area contributed by atoms with Gasteiger partial charge in [0.15, 0.2) is 5.58 Å². The number of fused-ring (bicyclic) bond motifs is 1. The number of amides is 1. The number of aryl methyl sites for hydroxylation is 1. The SMILES string of the molecule is COC(=O)c1c(NC(=O)C2CCN(c3nc4ccccc4o3)CC2)sc(C)c1C. The van der Waals surface area contributed by atoms with E-state index in [1.54, 1.807) is 0 Å². The summed E-state index contributed by atoms with van der Waals surface area (Å²) >= 11 is 1.41. The van der Waals surface area contributed by atoms with Crippen molar-refractivity contribution in [3.63, 3.8) is 0 Å². The molecule has 4 rings (SSSR count). The van der Waals surface area contributed by atoms with E-state index < -0.39 is 5.97 Å². The minimum atomic E-state index is -0.423. The van der Waals surface area contributed by atoms with E-state index in [9.17, 15) is 9.59 Å². The zero-order valence-corrected chi connectivity index (χ0v) is 17.5. The second-order valence-corrected chi connectivity index (χ2v) is 8.42. The van der Waals surface area contributed by atoms with Crippen LogP contribution in [0.3, 0.4) is 0 Å². The molecule has 0 saturated carbocycles. The highest BCUT2D eigenvalue weighted by Gasteiger charge is 2.29. The first-order valence-corrected chi connectivity index (χ1v) is 10.4. The Morgan fingerprint density at radius 3 is 2.66 bits per heavy atom. The highest BCUT2D eigenvalue weighted by atomic mass is 32.1. The van der Waals surface area contributed by atoms with Gasteiger partial charge in [-0.1, -0.05) is 12.1 Å². The number of hydrogen-bond donors (Lipinski definition) is 1. The Bertz CT molecular complexity index is 1030. The molecule has 29 heavy (non-hydrogen) atoms. The van der Waals surface area contributed by atoms with E-state index in [1.165, 1.54) is 18.4 Å². The minimum absolute atomic E-state index is 0.0615. The summed E-state index contributed by atoms with van der Waals surface area (Å²) in [4.78, 5) is 32.5. The average Bonchev–Trinajstić information content (AvgIpc) is 3.28. The van der Waals surface area contributed by atoms with Crippen molar-refractivity contribution in [3.8, 4) is 0 Å². The number of aromatic nitrogens is 1. The molecule has 1 aromatic carbocycles. The third-order valence-electron chi connectivity index (χ3n) is 5.43. The molecular weight excluding hydrogens is 390 g/mol. The highest BCUT2D eigenvalue weighted by Crippen LogP contribution is 2.34. The molecule has 1 saturated heterocycles. The Hall–Kier alpha value is -2.87. The fourth-order valence-corrected chi connectivity index (χ4v) is 4.66. The number of benzene rings is 1. The van der Waals surface area contributed by atoms with Gasteiger partial charge in [0.25, 0.3) is 6.01 Å². The summed E-state index contributed by atoms with van der Waals surface area (Å²) < 4.78 is 10.7. The quantitative estimate of drug-likeness (QED) is 0.647. The molecule has 3 heterocycles. The van der Waals surface area contributed by atoms with Crippen LogP contribution in [0.1, 0.15) is 33.6 Å². The van der Waals surface area contributed by atoms with Crippen LogP contribution in [-0.4, -0.2) is 37.1 Å². The smallest absolute Gasteiger partial charge is 0.341 e. The Balaban J connectivity index is 1.42. The molecule has 1 amide bonds. The first kappa shape index (κ1) is 19.4. The second kappa shape index (κ2) is 7.87. The topological polar surface area (TPSA) is 84.7 Å². The number of oxazole rings is 1. The number of nitrogens with one attached hydrogen (secondary N) is 1. The van der Waals surface area contributed by atoms with Crippen molar-refractivity contribution in [2.75, 3.05) is 30.4 Å². The van der Waals surface area contributed by atoms with Crippen LogP contribution in [0.15, 0.2) is 28.7 Å². The summed E-state index contributed by atoms with van der Waals surface area (Å²) in [5.74, 6) is -0.606. The maximum Gasteiger partial charge on any atom is 0.341 e. The molecule has 8 heteroatoms. The second-order valence-electron chi connectivity index (χ2n) is 7.19. The summed E-state index contributed by atoms with van der Waals surface area (Å²) in [6.45, 7) is 5.18. The van der Waals surface area contributed by atoms with Crippen molar-refractivity contribution in [2.45, 2.75) is 26.7 Å². The molecule has 0 radical (unpaired) electrons. The van der Waals surface area contributed by atoms with Gasteiger partial charge in [0, 0.05) is 23.9 Å². The van der Waals surface area contributed by atoms with Gasteiger partial charge in [-0.05, 0) is 44.4 Å². The van der Waals surface area contributed by atoms with Gasteiger partial charge in [0.05, 0.1) is 12.7 Å². The maximum atomic E-state index is 12.8. The number of methoxy groups -OCH3 is 1. The average molecular weight is 413 g/mol. The summed E-state index contributed by atoms with van der Waals surface area (Å²) in [6, 6.07) is 8.27. The number of carbonyl (C=O) groups excluding carboxylic acids is 2. The van der Waals surface area contributed by atoms with Crippen LogP contribution in [0.25, 0.3) is 11.1 Å². The summed E-state index contributed by atoms with van der Waals surface area (Å²) in [6.07, 6.45) is 1.39. The Kier molecular flexibility index (Phi) is 5.27. The molecule has 0 aliphatic carbocycles. The number of para-hydroxylation sites is 2. The normalized spacial score (nSPS) is 14.9. The zero-order chi connectivity index (χ0) is 20.5. The predicted molar refractivity (Wildman–Crippen MR) is 113 cm³/mol. The lowest BCUT2D eigenvalue weighted by molar-refractivity contribution is -0.120. The highest BCUT2D eigenvalue weighted by molar-refractivity contribution is 7.16. The molecule has 1 N–H and O–H groups in total. The van der Waals surface area contributed by atoms with Gasteiger partial charge in [-0.15, -0.1) is 11.3 Å². The fraction of sp³-hybridized carbons (Fsp3) is 0.381.